The van der Waals surface area contributed by atoms with Crippen LogP contribution in [0.2, 0.25) is 0 Å². The molecular formula is C17H16N2O5. The summed E-state index contributed by atoms with van der Waals surface area (Å²) in [6, 6.07) is 9.44. The molecule has 0 bridgehead atoms. The van der Waals surface area contributed by atoms with Gasteiger partial charge in [-0.05, 0) is 31.2 Å². The zero-order chi connectivity index (χ0) is 17.1. The molecule has 2 aromatic carbocycles. The fourth-order valence-electron chi connectivity index (χ4n) is 2.45. The molecule has 3 rings (SSSR count). The smallest absolute Gasteiger partial charge is 0.272 e. The number of carbonyl (C=O) groups is 1. The van der Waals surface area contributed by atoms with E-state index >= 15 is 0 Å². The second-order valence-electron chi connectivity index (χ2n) is 5.42. The topological polar surface area (TPSA) is 90.7 Å². The van der Waals surface area contributed by atoms with Gasteiger partial charge in [-0.15, -0.1) is 0 Å². The quantitative estimate of drug-likeness (QED) is 0.689. The molecule has 0 unspecified atom stereocenters. The molecule has 0 spiro atoms. The third kappa shape index (κ3) is 3.29. The lowest BCUT2D eigenvalue weighted by Gasteiger charge is -2.10. The molecule has 0 aromatic heterocycles. The van der Waals surface area contributed by atoms with E-state index in [-0.39, 0.29) is 11.6 Å². The lowest BCUT2D eigenvalue weighted by molar-refractivity contribution is -0.385. The zero-order valence-corrected chi connectivity index (χ0v) is 13.1. The number of hydrogen-bond donors (Lipinski definition) is 1. The number of amides is 1. The van der Waals surface area contributed by atoms with Crippen LogP contribution in [0.25, 0.3) is 0 Å². The average Bonchev–Trinajstić information content (AvgIpc) is 2.79. The maximum Gasteiger partial charge on any atom is 0.272 e. The second-order valence-corrected chi connectivity index (χ2v) is 5.42. The number of benzene rings is 2. The van der Waals surface area contributed by atoms with Crippen LogP contribution in [0.15, 0.2) is 36.4 Å². The van der Waals surface area contributed by atoms with Crippen molar-refractivity contribution in [3.8, 4) is 11.5 Å². The summed E-state index contributed by atoms with van der Waals surface area (Å²) in [5, 5.41) is 13.6. The van der Waals surface area contributed by atoms with Gasteiger partial charge >= 0.3 is 0 Å². The number of aryl methyl sites for hydroxylation is 1. The summed E-state index contributed by atoms with van der Waals surface area (Å²) >= 11 is 0. The van der Waals surface area contributed by atoms with E-state index in [1.807, 2.05) is 0 Å². The Morgan fingerprint density at radius 3 is 2.58 bits per heavy atom. The van der Waals surface area contributed by atoms with Gasteiger partial charge in [0.15, 0.2) is 11.5 Å². The van der Waals surface area contributed by atoms with Gasteiger partial charge < -0.3 is 14.8 Å². The summed E-state index contributed by atoms with van der Waals surface area (Å²) < 4.78 is 11.1. The maximum absolute atomic E-state index is 12.3. The molecule has 0 saturated carbocycles. The molecule has 124 valence electrons. The molecular weight excluding hydrogens is 312 g/mol. The molecule has 1 aliphatic rings. The van der Waals surface area contributed by atoms with E-state index in [1.54, 1.807) is 25.1 Å². The Morgan fingerprint density at radius 2 is 1.88 bits per heavy atom. The molecule has 7 nitrogen and oxygen atoms in total. The van der Waals surface area contributed by atoms with Crippen LogP contribution in [0.5, 0.6) is 11.5 Å². The van der Waals surface area contributed by atoms with Crippen molar-refractivity contribution in [3.05, 3.63) is 57.6 Å². The molecule has 0 atom stereocenters. The fourth-order valence-corrected chi connectivity index (χ4v) is 2.45. The van der Waals surface area contributed by atoms with E-state index in [0.717, 1.165) is 6.42 Å². The van der Waals surface area contributed by atoms with Crippen LogP contribution in [0.1, 0.15) is 22.3 Å². The molecule has 1 aliphatic heterocycles. The highest BCUT2D eigenvalue weighted by Gasteiger charge is 2.15. The monoisotopic (exact) mass is 328 g/mol. The molecule has 0 aliphatic carbocycles. The van der Waals surface area contributed by atoms with Gasteiger partial charge in [0.25, 0.3) is 11.6 Å². The Hall–Kier alpha value is -3.09. The molecule has 0 radical (unpaired) electrons. The fraction of sp³-hybridized carbons (Fsp3) is 0.235. The first-order valence-electron chi connectivity index (χ1n) is 7.50. The Morgan fingerprint density at radius 1 is 1.12 bits per heavy atom. The SMILES string of the molecule is Cc1cc(C(=O)Nc2ccc3c(c2)OCCCO3)ccc1[N+](=O)[O-]. The van der Waals surface area contributed by atoms with Crippen LogP contribution in [0.4, 0.5) is 11.4 Å². The van der Waals surface area contributed by atoms with Gasteiger partial charge in [0.05, 0.1) is 18.1 Å². The minimum Gasteiger partial charge on any atom is -0.490 e. The van der Waals surface area contributed by atoms with Gasteiger partial charge in [-0.3, -0.25) is 14.9 Å². The van der Waals surface area contributed by atoms with Crippen molar-refractivity contribution in [1.82, 2.24) is 0 Å². The first kappa shape index (κ1) is 15.8. The minimum atomic E-state index is -0.471. The Labute approximate surface area is 138 Å². The first-order chi connectivity index (χ1) is 11.5. The number of rotatable bonds is 3. The number of nitrogens with zero attached hydrogens (tertiary/aromatic N) is 1. The first-order valence-corrected chi connectivity index (χ1v) is 7.50. The van der Waals surface area contributed by atoms with Gasteiger partial charge in [-0.25, -0.2) is 0 Å². The number of nitro benzene ring substituents is 1. The number of anilines is 1. The van der Waals surface area contributed by atoms with Crippen LogP contribution in [-0.4, -0.2) is 24.0 Å². The van der Waals surface area contributed by atoms with Crippen molar-refractivity contribution in [1.29, 1.82) is 0 Å². The van der Waals surface area contributed by atoms with Crippen LogP contribution >= 0.6 is 0 Å². The maximum atomic E-state index is 12.3. The highest BCUT2D eigenvalue weighted by atomic mass is 16.6. The number of carbonyl (C=O) groups excluding carboxylic acids is 1. The van der Waals surface area contributed by atoms with Crippen molar-refractivity contribution >= 4 is 17.3 Å². The standard InChI is InChI=1S/C17H16N2O5/c1-11-9-12(3-5-14(11)19(21)22)17(20)18-13-4-6-15-16(10-13)24-8-2-7-23-15/h3-6,9-10H,2,7-8H2,1H3,(H,18,20). The van der Waals surface area contributed by atoms with E-state index in [2.05, 4.69) is 5.32 Å². The van der Waals surface area contributed by atoms with Gasteiger partial charge in [0.2, 0.25) is 0 Å². The van der Waals surface area contributed by atoms with E-state index in [9.17, 15) is 14.9 Å². The van der Waals surface area contributed by atoms with Crippen LogP contribution in [0.3, 0.4) is 0 Å². The normalized spacial score (nSPS) is 13.0. The van der Waals surface area contributed by atoms with Gasteiger partial charge in [0, 0.05) is 35.4 Å². The van der Waals surface area contributed by atoms with Crippen LogP contribution in [0, 0.1) is 17.0 Å². The van der Waals surface area contributed by atoms with Crippen molar-refractivity contribution in [2.75, 3.05) is 18.5 Å². The largest absolute Gasteiger partial charge is 0.490 e. The lowest BCUT2D eigenvalue weighted by Crippen LogP contribution is -2.12. The molecule has 0 fully saturated rings. The number of ether oxygens (including phenoxy) is 2. The zero-order valence-electron chi connectivity index (χ0n) is 13.1. The molecule has 1 N–H and O–H groups in total. The lowest BCUT2D eigenvalue weighted by atomic mass is 10.1. The van der Waals surface area contributed by atoms with Crippen molar-refractivity contribution in [2.45, 2.75) is 13.3 Å². The minimum absolute atomic E-state index is 0.0119. The number of fused-ring (bicyclic) bond motifs is 1. The Bertz CT molecular complexity index is 804. The molecule has 1 amide bonds. The highest BCUT2D eigenvalue weighted by Crippen LogP contribution is 2.32. The molecule has 24 heavy (non-hydrogen) atoms. The summed E-state index contributed by atoms with van der Waals surface area (Å²) in [4.78, 5) is 22.7. The summed E-state index contributed by atoms with van der Waals surface area (Å²) in [5.41, 5.74) is 1.35. The van der Waals surface area contributed by atoms with E-state index in [0.29, 0.717) is 41.5 Å². The summed E-state index contributed by atoms with van der Waals surface area (Å²) in [6.45, 7) is 2.76. The third-order valence-electron chi connectivity index (χ3n) is 3.66. The molecule has 0 saturated heterocycles. The molecule has 1 heterocycles. The molecule has 2 aromatic rings. The number of nitrogens with one attached hydrogen (secondary N) is 1. The summed E-state index contributed by atoms with van der Waals surface area (Å²) in [7, 11) is 0. The summed E-state index contributed by atoms with van der Waals surface area (Å²) in [5.74, 6) is 0.893. The van der Waals surface area contributed by atoms with E-state index in [4.69, 9.17) is 9.47 Å². The van der Waals surface area contributed by atoms with Crippen molar-refractivity contribution < 1.29 is 19.2 Å². The van der Waals surface area contributed by atoms with Crippen LogP contribution in [-0.2, 0) is 0 Å². The number of nitro groups is 1. The van der Waals surface area contributed by atoms with Gasteiger partial charge in [0.1, 0.15) is 0 Å². The average molecular weight is 328 g/mol. The Balaban J connectivity index is 1.78. The predicted molar refractivity (Wildman–Crippen MR) is 87.8 cm³/mol. The summed E-state index contributed by atoms with van der Waals surface area (Å²) in [6.07, 6.45) is 0.804. The third-order valence-corrected chi connectivity index (χ3v) is 3.66. The predicted octanol–water partition coefficient (Wildman–Crippen LogP) is 3.32. The van der Waals surface area contributed by atoms with E-state index in [1.165, 1.54) is 18.2 Å². The van der Waals surface area contributed by atoms with Gasteiger partial charge in [-0.1, -0.05) is 0 Å². The van der Waals surface area contributed by atoms with Crippen molar-refractivity contribution in [3.63, 3.8) is 0 Å². The second kappa shape index (κ2) is 6.57. The van der Waals surface area contributed by atoms with E-state index < -0.39 is 4.92 Å². The van der Waals surface area contributed by atoms with Gasteiger partial charge in [-0.2, -0.15) is 0 Å². The van der Waals surface area contributed by atoms with Crippen LogP contribution < -0.4 is 14.8 Å². The van der Waals surface area contributed by atoms with Crippen molar-refractivity contribution in [2.24, 2.45) is 0 Å². The molecule has 7 heteroatoms. The number of hydrogen-bond acceptors (Lipinski definition) is 5. The highest BCUT2D eigenvalue weighted by molar-refractivity contribution is 6.04. The Kier molecular flexibility index (Phi) is 4.33.